The Balaban J connectivity index is 1.21. The summed E-state index contributed by atoms with van der Waals surface area (Å²) < 4.78 is 11.3. The molecule has 0 spiro atoms. The minimum absolute atomic E-state index is 0.218. The quantitative estimate of drug-likeness (QED) is 0.0291. The average molecular weight is 808 g/mol. The average Bonchev–Trinajstić information content (AvgIpc) is 3.24. The van der Waals surface area contributed by atoms with E-state index in [0.29, 0.717) is 46.9 Å². The molecular weight excluding hydrogens is 735 g/mol. The lowest BCUT2D eigenvalue weighted by Gasteiger charge is -2.12. The Hall–Kier alpha value is -4.40. The second kappa shape index (κ2) is 28.9. The van der Waals surface area contributed by atoms with Gasteiger partial charge in [0.1, 0.15) is 17.8 Å². The number of fused-ring (bicyclic) bond motifs is 1. The molecule has 0 aliphatic carbocycles. The van der Waals surface area contributed by atoms with Gasteiger partial charge < -0.3 is 15.2 Å². The summed E-state index contributed by atoms with van der Waals surface area (Å²) in [5.74, 6) is 0.767. The Kier molecular flexibility index (Phi) is 23.2. The minimum Gasteiger partial charge on any atom is -0.427 e. The molecule has 4 aromatic rings. The third kappa shape index (κ3) is 18.6. The number of hydrogen-bond donors (Lipinski definition) is 1. The third-order valence-electron chi connectivity index (χ3n) is 11.2. The molecule has 4 rings (SSSR count). The summed E-state index contributed by atoms with van der Waals surface area (Å²) in [6.07, 6.45) is 35.1. The molecule has 2 aromatic heterocycles. The summed E-state index contributed by atoms with van der Waals surface area (Å²) in [4.78, 5) is 43.4. The number of esters is 2. The number of benzene rings is 2. The molecule has 0 unspecified atom stereocenters. The lowest BCUT2D eigenvalue weighted by molar-refractivity contribution is -0.135. The van der Waals surface area contributed by atoms with Gasteiger partial charge in [0.2, 0.25) is 0 Å². The van der Waals surface area contributed by atoms with Gasteiger partial charge in [0, 0.05) is 24.0 Å². The van der Waals surface area contributed by atoms with Gasteiger partial charge in [-0.3, -0.25) is 9.59 Å². The highest BCUT2D eigenvalue weighted by molar-refractivity contribution is 5.89. The van der Waals surface area contributed by atoms with Crippen LogP contribution in [0.25, 0.3) is 33.7 Å². The van der Waals surface area contributed by atoms with Crippen molar-refractivity contribution in [3.05, 3.63) is 54.9 Å². The van der Waals surface area contributed by atoms with E-state index in [9.17, 15) is 9.59 Å². The molecule has 2 N–H and O–H groups in total. The van der Waals surface area contributed by atoms with E-state index in [2.05, 4.69) is 23.8 Å². The Morgan fingerprint density at radius 1 is 0.458 bits per heavy atom. The highest BCUT2D eigenvalue weighted by atomic mass is 16.5. The predicted molar refractivity (Wildman–Crippen MR) is 242 cm³/mol. The molecule has 0 aliphatic heterocycles. The number of unbranched alkanes of at least 4 members (excludes halogenated alkanes) is 24. The summed E-state index contributed by atoms with van der Waals surface area (Å²) in [6.45, 7) is 4.53. The molecule has 0 atom stereocenters. The van der Waals surface area contributed by atoms with Crippen LogP contribution >= 0.6 is 0 Å². The van der Waals surface area contributed by atoms with Crippen LogP contribution in [0.3, 0.4) is 0 Å². The van der Waals surface area contributed by atoms with Gasteiger partial charge in [0.25, 0.3) is 0 Å². The maximum Gasteiger partial charge on any atom is 0.311 e. The number of ether oxygens (including phenoxy) is 2. The van der Waals surface area contributed by atoms with Crippen molar-refractivity contribution >= 4 is 28.9 Å². The van der Waals surface area contributed by atoms with Crippen LogP contribution in [-0.2, 0) is 9.59 Å². The van der Waals surface area contributed by atoms with E-state index in [1.165, 1.54) is 135 Å². The minimum atomic E-state index is -0.220. The molecular formula is C50H73N5O4. The fourth-order valence-electron chi connectivity index (χ4n) is 7.60. The second-order valence-corrected chi connectivity index (χ2v) is 16.3. The van der Waals surface area contributed by atoms with Crippen LogP contribution in [0.1, 0.15) is 194 Å². The molecule has 9 nitrogen and oxygen atoms in total. The van der Waals surface area contributed by atoms with Crippen molar-refractivity contribution in [3.63, 3.8) is 0 Å². The summed E-state index contributed by atoms with van der Waals surface area (Å²) in [7, 11) is 0. The SMILES string of the molecule is CCCCCCCCCCCCCCCC(=O)Oc1ccc(-c2nc3ncnc(N)c3nc2-c2ccc(OC(=O)CCCCCCCCCCCCCCC)cc2)cc1. The first-order valence-corrected chi connectivity index (χ1v) is 23.4. The molecule has 0 saturated heterocycles. The van der Waals surface area contributed by atoms with Crippen LogP contribution in [0.5, 0.6) is 11.5 Å². The van der Waals surface area contributed by atoms with E-state index in [1.807, 2.05) is 24.3 Å². The fourth-order valence-corrected chi connectivity index (χ4v) is 7.60. The Labute approximate surface area is 355 Å². The van der Waals surface area contributed by atoms with Crippen LogP contribution in [-0.4, -0.2) is 31.9 Å². The topological polar surface area (TPSA) is 130 Å². The van der Waals surface area contributed by atoms with Gasteiger partial charge >= 0.3 is 11.9 Å². The van der Waals surface area contributed by atoms with Crippen LogP contribution in [0.15, 0.2) is 54.9 Å². The number of anilines is 1. The standard InChI is InChI=1S/C50H73N5O4/c1-3-5-7-9-11-13-15-17-19-21-23-25-27-29-44(56)58-42-35-31-40(32-36-42)46-47(55-50-48(54-46)49(51)52-39-53-50)41-33-37-43(38-34-41)59-45(57)30-28-26-24-22-20-18-16-14-12-10-8-6-4-2/h31-39H,3-30H2,1-2H3,(H2,51,52,53,55). The van der Waals surface area contributed by atoms with Crippen molar-refractivity contribution in [1.29, 1.82) is 0 Å². The number of nitrogens with zero attached hydrogens (tertiary/aromatic N) is 4. The Bertz CT molecular complexity index is 1760. The third-order valence-corrected chi connectivity index (χ3v) is 11.2. The van der Waals surface area contributed by atoms with Crippen LogP contribution in [0, 0.1) is 0 Å². The van der Waals surface area contributed by atoms with Gasteiger partial charge in [-0.25, -0.2) is 19.9 Å². The van der Waals surface area contributed by atoms with E-state index in [-0.39, 0.29) is 17.8 Å². The number of aromatic nitrogens is 4. The zero-order chi connectivity index (χ0) is 41.8. The van der Waals surface area contributed by atoms with Gasteiger partial charge in [0.05, 0.1) is 11.4 Å². The van der Waals surface area contributed by atoms with E-state index < -0.39 is 0 Å². The maximum atomic E-state index is 12.6. The summed E-state index contributed by atoms with van der Waals surface area (Å²) >= 11 is 0. The van der Waals surface area contributed by atoms with Crippen molar-refractivity contribution in [1.82, 2.24) is 19.9 Å². The van der Waals surface area contributed by atoms with Crippen molar-refractivity contribution in [2.75, 3.05) is 5.73 Å². The van der Waals surface area contributed by atoms with E-state index in [0.717, 1.165) is 49.7 Å². The van der Waals surface area contributed by atoms with Crippen molar-refractivity contribution in [2.45, 2.75) is 194 Å². The first kappa shape index (κ1) is 47.3. The molecule has 0 fully saturated rings. The van der Waals surface area contributed by atoms with Gasteiger partial charge in [-0.2, -0.15) is 0 Å². The van der Waals surface area contributed by atoms with Crippen molar-refractivity contribution in [2.24, 2.45) is 0 Å². The van der Waals surface area contributed by atoms with Gasteiger partial charge in [-0.05, 0) is 61.4 Å². The summed E-state index contributed by atoms with van der Waals surface area (Å²) in [6, 6.07) is 14.6. The monoisotopic (exact) mass is 808 g/mol. The highest BCUT2D eigenvalue weighted by Gasteiger charge is 2.17. The number of carbonyl (C=O) groups is 2. The number of nitrogen functional groups attached to an aromatic ring is 1. The van der Waals surface area contributed by atoms with E-state index in [1.54, 1.807) is 24.3 Å². The number of rotatable bonds is 32. The molecule has 0 saturated carbocycles. The van der Waals surface area contributed by atoms with Crippen LogP contribution in [0.2, 0.25) is 0 Å². The summed E-state index contributed by atoms with van der Waals surface area (Å²) in [5, 5.41) is 0. The highest BCUT2D eigenvalue weighted by Crippen LogP contribution is 2.33. The number of hydrogen-bond acceptors (Lipinski definition) is 9. The number of carbonyl (C=O) groups excluding carboxylic acids is 2. The maximum absolute atomic E-state index is 12.6. The zero-order valence-corrected chi connectivity index (χ0v) is 36.5. The lowest BCUT2D eigenvalue weighted by atomic mass is 10.0. The van der Waals surface area contributed by atoms with Crippen LogP contribution < -0.4 is 15.2 Å². The van der Waals surface area contributed by atoms with Gasteiger partial charge in [-0.15, -0.1) is 0 Å². The van der Waals surface area contributed by atoms with Crippen molar-refractivity contribution in [3.8, 4) is 34.0 Å². The fraction of sp³-hybridized carbons (Fsp3) is 0.600. The molecule has 2 heterocycles. The zero-order valence-electron chi connectivity index (χ0n) is 36.5. The molecule has 0 aliphatic rings. The lowest BCUT2D eigenvalue weighted by Crippen LogP contribution is -2.07. The first-order valence-electron chi connectivity index (χ1n) is 23.4. The molecule has 0 bridgehead atoms. The Morgan fingerprint density at radius 3 is 1.17 bits per heavy atom. The molecule has 322 valence electrons. The van der Waals surface area contributed by atoms with Crippen molar-refractivity contribution < 1.29 is 19.1 Å². The molecule has 59 heavy (non-hydrogen) atoms. The van der Waals surface area contributed by atoms with E-state index >= 15 is 0 Å². The molecule has 0 amide bonds. The van der Waals surface area contributed by atoms with Gasteiger partial charge in [-0.1, -0.05) is 168 Å². The van der Waals surface area contributed by atoms with Crippen LogP contribution in [0.4, 0.5) is 5.82 Å². The second-order valence-electron chi connectivity index (χ2n) is 16.3. The van der Waals surface area contributed by atoms with E-state index in [4.69, 9.17) is 25.2 Å². The Morgan fingerprint density at radius 2 is 0.797 bits per heavy atom. The molecule has 9 heteroatoms. The number of nitrogens with two attached hydrogens (primary N) is 1. The smallest absolute Gasteiger partial charge is 0.311 e. The first-order chi connectivity index (χ1) is 29.0. The molecule has 0 radical (unpaired) electrons. The van der Waals surface area contributed by atoms with Gasteiger partial charge in [0.15, 0.2) is 17.0 Å². The normalized spacial score (nSPS) is 11.3. The largest absolute Gasteiger partial charge is 0.427 e. The molecule has 2 aromatic carbocycles. The predicted octanol–water partition coefficient (Wildman–Crippen LogP) is 14.1. The summed E-state index contributed by atoms with van der Waals surface area (Å²) in [5.41, 5.74) is 9.67.